The summed E-state index contributed by atoms with van der Waals surface area (Å²) in [4.78, 5) is 12.3. The van der Waals surface area contributed by atoms with Crippen LogP contribution in [0.2, 0.25) is 0 Å². The Morgan fingerprint density at radius 2 is 1.33 bits per heavy atom. The maximum Gasteiger partial charge on any atom is 0.244 e. The van der Waals surface area contributed by atoms with Gasteiger partial charge in [-0.05, 0) is 26.7 Å². The number of hydrogen-bond acceptors (Lipinski definition) is 9. The summed E-state index contributed by atoms with van der Waals surface area (Å²) in [7, 11) is 0. The van der Waals surface area contributed by atoms with Gasteiger partial charge in [0.2, 0.25) is 11.8 Å². The first-order chi connectivity index (χ1) is 20.5. The van der Waals surface area contributed by atoms with Crippen LogP contribution >= 0.6 is 0 Å². The number of ether oxygens (including phenoxy) is 3. The molecule has 2 heterocycles. The highest BCUT2D eigenvalue weighted by molar-refractivity contribution is 5.77. The number of nitrogen functional groups attached to an aromatic ring is 1. The minimum atomic E-state index is -0.811. The molecule has 0 aliphatic rings. The molecule has 0 spiro atoms. The molecule has 2 rings (SSSR count). The molecule has 0 amide bonds. The van der Waals surface area contributed by atoms with Gasteiger partial charge in [0.1, 0.15) is 0 Å². The quantitative estimate of drug-likeness (QED) is 0.0730. The van der Waals surface area contributed by atoms with Crippen molar-refractivity contribution in [1.82, 2.24) is 19.5 Å². The Morgan fingerprint density at radius 1 is 0.786 bits per heavy atom. The summed E-state index contributed by atoms with van der Waals surface area (Å²) in [5.74, 6) is -0.320. The molecule has 10 heteroatoms. The fourth-order valence-corrected chi connectivity index (χ4v) is 5.40. The summed E-state index contributed by atoms with van der Waals surface area (Å²) in [6, 6.07) is 0. The van der Waals surface area contributed by atoms with E-state index in [1.165, 1.54) is 83.5 Å². The molecule has 0 bridgehead atoms. The van der Waals surface area contributed by atoms with E-state index in [2.05, 4.69) is 21.9 Å². The molecule has 0 aliphatic carbocycles. The van der Waals surface area contributed by atoms with Crippen LogP contribution in [0.15, 0.2) is 6.33 Å². The van der Waals surface area contributed by atoms with Crippen molar-refractivity contribution < 1.29 is 24.4 Å². The first kappa shape index (κ1) is 36.2. The number of anilines is 1. The van der Waals surface area contributed by atoms with Gasteiger partial charge in [0, 0.05) is 32.1 Å². The van der Waals surface area contributed by atoms with Crippen LogP contribution in [0.3, 0.4) is 0 Å². The van der Waals surface area contributed by atoms with E-state index >= 15 is 0 Å². The molecule has 2 aromatic heterocycles. The fraction of sp³-hybridized carbons (Fsp3) is 0.844. The van der Waals surface area contributed by atoms with Gasteiger partial charge in [-0.2, -0.15) is 9.97 Å². The molecule has 242 valence electrons. The highest BCUT2D eigenvalue weighted by Gasteiger charge is 2.22. The van der Waals surface area contributed by atoms with Gasteiger partial charge in [0.15, 0.2) is 23.7 Å². The Bertz CT molecular complexity index is 937. The van der Waals surface area contributed by atoms with Crippen molar-refractivity contribution in [2.24, 2.45) is 5.92 Å². The molecule has 0 aliphatic heterocycles. The minimum absolute atomic E-state index is 0.0185. The Labute approximate surface area is 253 Å². The third-order valence-corrected chi connectivity index (χ3v) is 7.73. The van der Waals surface area contributed by atoms with Crippen LogP contribution in [-0.2, 0) is 20.8 Å². The van der Waals surface area contributed by atoms with E-state index in [4.69, 9.17) is 19.9 Å². The van der Waals surface area contributed by atoms with Crippen LogP contribution in [0.25, 0.3) is 11.2 Å². The van der Waals surface area contributed by atoms with E-state index in [0.717, 1.165) is 12.8 Å². The summed E-state index contributed by atoms with van der Waals surface area (Å²) in [5.41, 5.74) is 6.50. The standard InChI is InChI=1S/C32H59N5O5/c1-4-7-8-9-10-11-12-13-14-15-16-17-18-19-20-21-27(38)42-24-26(22-28(40-5-2)41-6-3)23-37-25-34-29-30(37)35-32(33)36-31(29)39/h25-28,38H,4-24H2,1-3H3,(H3,33,35,36,39)/t26-,27-/m1/s1. The largest absolute Gasteiger partial charge is 0.492 e. The predicted octanol–water partition coefficient (Wildman–Crippen LogP) is 7.12. The summed E-state index contributed by atoms with van der Waals surface area (Å²) >= 11 is 0. The molecule has 4 N–H and O–H groups in total. The van der Waals surface area contributed by atoms with E-state index in [0.29, 0.717) is 50.4 Å². The number of aliphatic hydroxyl groups excluding tert-OH is 1. The van der Waals surface area contributed by atoms with Gasteiger partial charge in [-0.3, -0.25) is 0 Å². The molecule has 10 nitrogen and oxygen atoms in total. The third-order valence-electron chi connectivity index (χ3n) is 7.73. The summed E-state index contributed by atoms with van der Waals surface area (Å²) in [6.45, 7) is 8.01. The molecule has 0 fully saturated rings. The topological polar surface area (TPSA) is 138 Å². The van der Waals surface area contributed by atoms with Crippen LogP contribution in [0.4, 0.5) is 5.95 Å². The second kappa shape index (κ2) is 22.5. The summed E-state index contributed by atoms with van der Waals surface area (Å²) in [5, 5.41) is 20.6. The molecular weight excluding hydrogens is 534 g/mol. The van der Waals surface area contributed by atoms with Gasteiger partial charge in [0.05, 0.1) is 12.9 Å². The van der Waals surface area contributed by atoms with Gasteiger partial charge in [-0.15, -0.1) is 0 Å². The second-order valence-corrected chi connectivity index (χ2v) is 11.4. The zero-order valence-corrected chi connectivity index (χ0v) is 26.6. The lowest BCUT2D eigenvalue weighted by atomic mass is 10.0. The lowest BCUT2D eigenvalue weighted by Crippen LogP contribution is -2.28. The average molecular weight is 594 g/mol. The number of nitrogens with two attached hydrogens (primary N) is 1. The second-order valence-electron chi connectivity index (χ2n) is 11.4. The normalized spacial score (nSPS) is 13.4. The molecule has 0 aromatic carbocycles. The highest BCUT2D eigenvalue weighted by Crippen LogP contribution is 2.23. The van der Waals surface area contributed by atoms with Gasteiger partial charge in [-0.1, -0.05) is 96.8 Å². The zero-order chi connectivity index (χ0) is 30.4. The molecule has 0 unspecified atom stereocenters. The molecule has 2 aromatic rings. The predicted molar refractivity (Wildman–Crippen MR) is 168 cm³/mol. The SMILES string of the molecule is CCCCCCCCCCCCCCCCC[C@H](O)OC[C@H](CC(OCC)OCC)Cn1cnc2c(O)nc(N)nc21. The van der Waals surface area contributed by atoms with Gasteiger partial charge < -0.3 is 34.7 Å². The molecule has 0 radical (unpaired) electrons. The van der Waals surface area contributed by atoms with E-state index < -0.39 is 6.29 Å². The number of fused-ring (bicyclic) bond motifs is 1. The lowest BCUT2D eigenvalue weighted by molar-refractivity contribution is -0.160. The lowest BCUT2D eigenvalue weighted by Gasteiger charge is -2.25. The maximum absolute atomic E-state index is 10.5. The first-order valence-electron chi connectivity index (χ1n) is 16.7. The number of aliphatic hydroxyl groups is 1. The Hall–Kier alpha value is -2.01. The summed E-state index contributed by atoms with van der Waals surface area (Å²) < 4.78 is 19.3. The minimum Gasteiger partial charge on any atom is -0.492 e. The zero-order valence-electron chi connectivity index (χ0n) is 26.6. The van der Waals surface area contributed by atoms with Crippen molar-refractivity contribution in [1.29, 1.82) is 0 Å². The number of hydrogen-bond donors (Lipinski definition) is 3. The molecule has 42 heavy (non-hydrogen) atoms. The van der Waals surface area contributed by atoms with Crippen molar-refractivity contribution in [3.63, 3.8) is 0 Å². The van der Waals surface area contributed by atoms with Crippen LogP contribution in [-0.4, -0.2) is 62.1 Å². The van der Waals surface area contributed by atoms with Gasteiger partial charge in [-0.25, -0.2) is 4.98 Å². The summed E-state index contributed by atoms with van der Waals surface area (Å²) in [6.07, 6.45) is 21.3. The molecular formula is C32H59N5O5. The first-order valence-corrected chi connectivity index (χ1v) is 16.7. The van der Waals surface area contributed by atoms with Crippen molar-refractivity contribution in [2.45, 2.75) is 149 Å². The van der Waals surface area contributed by atoms with Gasteiger partial charge in [0.25, 0.3) is 0 Å². The number of unbranched alkanes of at least 4 members (excludes halogenated alkanes) is 14. The number of rotatable bonds is 27. The van der Waals surface area contributed by atoms with Crippen molar-refractivity contribution in [3.8, 4) is 5.88 Å². The van der Waals surface area contributed by atoms with Gasteiger partial charge >= 0.3 is 0 Å². The number of aromatic nitrogens is 4. The smallest absolute Gasteiger partial charge is 0.244 e. The fourth-order valence-electron chi connectivity index (χ4n) is 5.40. The number of imidazole rings is 1. The van der Waals surface area contributed by atoms with Crippen LogP contribution in [0.5, 0.6) is 5.88 Å². The highest BCUT2D eigenvalue weighted by atomic mass is 16.7. The maximum atomic E-state index is 10.5. The Kier molecular flexibility index (Phi) is 19.4. The van der Waals surface area contributed by atoms with E-state index in [-0.39, 0.29) is 24.0 Å². The van der Waals surface area contributed by atoms with Crippen LogP contribution in [0.1, 0.15) is 130 Å². The van der Waals surface area contributed by atoms with E-state index in [9.17, 15) is 10.2 Å². The Morgan fingerprint density at radius 3 is 1.88 bits per heavy atom. The molecule has 0 saturated carbocycles. The van der Waals surface area contributed by atoms with E-state index in [1.54, 1.807) is 6.33 Å². The molecule has 0 saturated heterocycles. The van der Waals surface area contributed by atoms with Crippen molar-refractivity contribution >= 4 is 17.1 Å². The number of nitrogens with zero attached hydrogens (tertiary/aromatic N) is 4. The number of aromatic hydroxyl groups is 1. The van der Waals surface area contributed by atoms with Crippen molar-refractivity contribution in [2.75, 3.05) is 25.6 Å². The van der Waals surface area contributed by atoms with Crippen LogP contribution < -0.4 is 5.73 Å². The molecule has 2 atom stereocenters. The van der Waals surface area contributed by atoms with Crippen molar-refractivity contribution in [3.05, 3.63) is 6.33 Å². The third kappa shape index (κ3) is 14.9. The average Bonchev–Trinajstić information content (AvgIpc) is 3.36. The van der Waals surface area contributed by atoms with E-state index in [1.807, 2.05) is 18.4 Å². The Balaban J connectivity index is 1.67. The van der Waals surface area contributed by atoms with Crippen LogP contribution in [0, 0.1) is 5.92 Å². The monoisotopic (exact) mass is 593 g/mol.